The van der Waals surface area contributed by atoms with Gasteiger partial charge in [-0.2, -0.15) is 0 Å². The second-order valence-corrected chi connectivity index (χ2v) is 4.62. The van der Waals surface area contributed by atoms with Gasteiger partial charge in [0.25, 0.3) is 0 Å². The highest BCUT2D eigenvalue weighted by molar-refractivity contribution is 6.30. The van der Waals surface area contributed by atoms with Crippen molar-refractivity contribution < 1.29 is 14.3 Å². The van der Waals surface area contributed by atoms with Gasteiger partial charge in [-0.3, -0.25) is 4.79 Å². The summed E-state index contributed by atoms with van der Waals surface area (Å²) >= 11 is 5.81. The first-order chi connectivity index (χ1) is 9.67. The highest BCUT2D eigenvalue weighted by Gasteiger charge is 2.04. The number of esters is 1. The zero-order valence-corrected chi connectivity index (χ0v) is 11.9. The lowest BCUT2D eigenvalue weighted by molar-refractivity contribution is -0.142. The molecule has 2 rings (SSSR count). The number of hydrogen-bond acceptors (Lipinski definition) is 3. The first-order valence-electron chi connectivity index (χ1n) is 6.35. The van der Waals surface area contributed by atoms with Gasteiger partial charge in [-0.1, -0.05) is 23.7 Å². The fourth-order valence-corrected chi connectivity index (χ4v) is 1.82. The molecule has 0 spiro atoms. The number of carbonyl (C=O) groups is 1. The Morgan fingerprint density at radius 2 is 1.55 bits per heavy atom. The van der Waals surface area contributed by atoms with Crippen molar-refractivity contribution in [2.45, 2.75) is 13.3 Å². The van der Waals surface area contributed by atoms with E-state index < -0.39 is 0 Å². The molecule has 0 bridgehead atoms. The molecule has 0 atom stereocenters. The topological polar surface area (TPSA) is 35.5 Å². The molecule has 0 radical (unpaired) electrons. The van der Waals surface area contributed by atoms with Gasteiger partial charge >= 0.3 is 5.97 Å². The zero-order chi connectivity index (χ0) is 14.4. The van der Waals surface area contributed by atoms with Crippen molar-refractivity contribution in [3.63, 3.8) is 0 Å². The van der Waals surface area contributed by atoms with Crippen LogP contribution in [0.1, 0.15) is 12.5 Å². The molecule has 104 valence electrons. The van der Waals surface area contributed by atoms with E-state index in [2.05, 4.69) is 0 Å². The first kappa shape index (κ1) is 14.4. The highest BCUT2D eigenvalue weighted by atomic mass is 35.5. The summed E-state index contributed by atoms with van der Waals surface area (Å²) in [6.07, 6.45) is 0.273. The summed E-state index contributed by atoms with van der Waals surface area (Å²) in [5.41, 5.74) is 0.895. The van der Waals surface area contributed by atoms with Crippen LogP contribution in [0, 0.1) is 0 Å². The Kier molecular flexibility index (Phi) is 5.02. The molecule has 0 aliphatic heterocycles. The van der Waals surface area contributed by atoms with Gasteiger partial charge in [0.1, 0.15) is 11.5 Å². The van der Waals surface area contributed by atoms with Crippen LogP contribution in [-0.4, -0.2) is 12.6 Å². The molecular formula is C16H15ClO3. The molecule has 0 aliphatic rings. The van der Waals surface area contributed by atoms with Gasteiger partial charge in [-0.15, -0.1) is 0 Å². The summed E-state index contributed by atoms with van der Waals surface area (Å²) < 4.78 is 10.6. The highest BCUT2D eigenvalue weighted by Crippen LogP contribution is 2.23. The van der Waals surface area contributed by atoms with Crippen LogP contribution < -0.4 is 4.74 Å². The van der Waals surface area contributed by atoms with Gasteiger partial charge < -0.3 is 9.47 Å². The first-order valence-corrected chi connectivity index (χ1v) is 6.73. The van der Waals surface area contributed by atoms with Crippen molar-refractivity contribution in [1.82, 2.24) is 0 Å². The molecule has 3 nitrogen and oxygen atoms in total. The van der Waals surface area contributed by atoms with Crippen molar-refractivity contribution >= 4 is 17.6 Å². The molecule has 2 aromatic carbocycles. The van der Waals surface area contributed by atoms with Crippen LogP contribution >= 0.6 is 11.6 Å². The van der Waals surface area contributed by atoms with Gasteiger partial charge in [-0.05, 0) is 48.9 Å². The second-order valence-electron chi connectivity index (χ2n) is 4.18. The third kappa shape index (κ3) is 4.28. The summed E-state index contributed by atoms with van der Waals surface area (Å²) in [5.74, 6) is 1.20. The molecule has 0 saturated heterocycles. The van der Waals surface area contributed by atoms with Crippen LogP contribution in [0.3, 0.4) is 0 Å². The monoisotopic (exact) mass is 290 g/mol. The molecule has 0 aromatic heterocycles. The zero-order valence-electron chi connectivity index (χ0n) is 11.1. The molecule has 0 N–H and O–H groups in total. The van der Waals surface area contributed by atoms with E-state index in [4.69, 9.17) is 21.1 Å². The minimum atomic E-state index is -0.223. The Morgan fingerprint density at radius 1 is 1.00 bits per heavy atom. The SMILES string of the molecule is CCOC(=O)Cc1ccc(Oc2ccc(Cl)cc2)cc1. The molecule has 2 aromatic rings. The van der Waals surface area contributed by atoms with Gasteiger partial charge in [0.15, 0.2) is 0 Å². The van der Waals surface area contributed by atoms with E-state index in [0.717, 1.165) is 5.56 Å². The number of hydrogen-bond donors (Lipinski definition) is 0. The van der Waals surface area contributed by atoms with Crippen molar-refractivity contribution in [1.29, 1.82) is 0 Å². The van der Waals surface area contributed by atoms with Crippen LogP contribution in [-0.2, 0) is 16.0 Å². The summed E-state index contributed by atoms with van der Waals surface area (Å²) in [4.78, 5) is 11.4. The second kappa shape index (κ2) is 6.96. The van der Waals surface area contributed by atoms with E-state index in [9.17, 15) is 4.79 Å². The predicted molar refractivity (Wildman–Crippen MR) is 78.3 cm³/mol. The van der Waals surface area contributed by atoms with E-state index >= 15 is 0 Å². The third-order valence-corrected chi connectivity index (χ3v) is 2.88. The molecule has 0 amide bonds. The van der Waals surface area contributed by atoms with Crippen LogP contribution in [0.5, 0.6) is 11.5 Å². The molecule has 0 aliphatic carbocycles. The summed E-state index contributed by atoms with van der Waals surface area (Å²) in [7, 11) is 0. The Bertz CT molecular complexity index is 561. The average Bonchev–Trinajstić information content (AvgIpc) is 2.44. The smallest absolute Gasteiger partial charge is 0.310 e. The Morgan fingerprint density at radius 3 is 2.10 bits per heavy atom. The summed E-state index contributed by atoms with van der Waals surface area (Å²) in [6.45, 7) is 2.19. The minimum Gasteiger partial charge on any atom is -0.466 e. The molecule has 4 heteroatoms. The Hall–Kier alpha value is -2.00. The number of benzene rings is 2. The quantitative estimate of drug-likeness (QED) is 0.773. The molecule has 0 heterocycles. The summed E-state index contributed by atoms with van der Waals surface area (Å²) in [5, 5.41) is 0.669. The Labute approximate surface area is 123 Å². The molecule has 20 heavy (non-hydrogen) atoms. The van der Waals surface area contributed by atoms with Gasteiger partial charge in [0.05, 0.1) is 13.0 Å². The fourth-order valence-electron chi connectivity index (χ4n) is 1.69. The molecule has 0 fully saturated rings. The largest absolute Gasteiger partial charge is 0.466 e. The average molecular weight is 291 g/mol. The lowest BCUT2D eigenvalue weighted by Gasteiger charge is -2.07. The van der Waals surface area contributed by atoms with Crippen LogP contribution in [0.15, 0.2) is 48.5 Å². The Balaban J connectivity index is 1.97. The molecule has 0 saturated carbocycles. The van der Waals surface area contributed by atoms with Crippen molar-refractivity contribution in [2.75, 3.05) is 6.61 Å². The van der Waals surface area contributed by atoms with E-state index in [0.29, 0.717) is 23.1 Å². The van der Waals surface area contributed by atoms with Gasteiger partial charge in [-0.25, -0.2) is 0 Å². The fraction of sp³-hybridized carbons (Fsp3) is 0.188. The standard InChI is InChI=1S/C16H15ClO3/c1-2-19-16(18)11-12-3-7-14(8-4-12)20-15-9-5-13(17)6-10-15/h3-10H,2,11H2,1H3. The lowest BCUT2D eigenvalue weighted by Crippen LogP contribution is -2.07. The summed E-state index contributed by atoms with van der Waals surface area (Å²) in [6, 6.07) is 14.5. The third-order valence-electron chi connectivity index (χ3n) is 2.63. The minimum absolute atomic E-state index is 0.223. The lowest BCUT2D eigenvalue weighted by atomic mass is 10.1. The molecular weight excluding hydrogens is 276 g/mol. The maximum atomic E-state index is 11.4. The van der Waals surface area contributed by atoms with E-state index in [1.54, 1.807) is 31.2 Å². The number of rotatable bonds is 5. The number of carbonyl (C=O) groups excluding carboxylic acids is 1. The van der Waals surface area contributed by atoms with Crippen molar-refractivity contribution in [2.24, 2.45) is 0 Å². The van der Waals surface area contributed by atoms with E-state index in [-0.39, 0.29) is 12.4 Å². The molecule has 0 unspecified atom stereocenters. The predicted octanol–water partition coefficient (Wildman–Crippen LogP) is 4.24. The van der Waals surface area contributed by atoms with Crippen LogP contribution in [0.2, 0.25) is 5.02 Å². The maximum Gasteiger partial charge on any atom is 0.310 e. The number of ether oxygens (including phenoxy) is 2. The van der Waals surface area contributed by atoms with E-state index in [1.807, 2.05) is 24.3 Å². The van der Waals surface area contributed by atoms with Crippen molar-refractivity contribution in [3.8, 4) is 11.5 Å². The van der Waals surface area contributed by atoms with Crippen molar-refractivity contribution in [3.05, 3.63) is 59.1 Å². The van der Waals surface area contributed by atoms with E-state index in [1.165, 1.54) is 0 Å². The van der Waals surface area contributed by atoms with Gasteiger partial charge in [0.2, 0.25) is 0 Å². The van der Waals surface area contributed by atoms with Gasteiger partial charge in [0, 0.05) is 5.02 Å². The normalized spacial score (nSPS) is 10.1. The maximum absolute atomic E-state index is 11.4. The van der Waals surface area contributed by atoms with Crippen LogP contribution in [0.4, 0.5) is 0 Å². The number of halogens is 1. The van der Waals surface area contributed by atoms with Crippen LogP contribution in [0.25, 0.3) is 0 Å².